The Balaban J connectivity index is 1.51. The van der Waals surface area contributed by atoms with Crippen LogP contribution >= 0.6 is 0 Å². The topological polar surface area (TPSA) is 161 Å². The van der Waals surface area contributed by atoms with Crippen molar-refractivity contribution in [3.63, 3.8) is 0 Å². The van der Waals surface area contributed by atoms with Gasteiger partial charge in [0.2, 0.25) is 0 Å². The van der Waals surface area contributed by atoms with E-state index in [2.05, 4.69) is 20.1 Å². The maximum Gasteiger partial charge on any atom is 0.269 e. The average Bonchev–Trinajstić information content (AvgIpc) is 3.31. The Morgan fingerprint density at radius 3 is 2.68 bits per heavy atom. The lowest BCUT2D eigenvalue weighted by Gasteiger charge is -2.25. The highest BCUT2D eigenvalue weighted by atomic mass is 19.1. The van der Waals surface area contributed by atoms with Crippen LogP contribution in [0.15, 0.2) is 83.8 Å². The van der Waals surface area contributed by atoms with Crippen LogP contribution in [0.2, 0.25) is 0 Å². The SMILES string of the molecule is CC(C)(N)C=C(C#N)C(=O)N1CC=CN=C1Cn1nc(-c2ccc(Oc3ccccc3)cc2F)c2c(N)ncnc21. The van der Waals surface area contributed by atoms with Crippen LogP contribution in [-0.2, 0) is 11.3 Å². The fourth-order valence-electron chi connectivity index (χ4n) is 4.29. The number of hydrogen-bond acceptors (Lipinski definition) is 9. The van der Waals surface area contributed by atoms with Crippen molar-refractivity contribution >= 4 is 28.6 Å². The molecule has 5 rings (SSSR count). The molecule has 4 aromatic rings. The first kappa shape index (κ1) is 27.2. The predicted molar refractivity (Wildman–Crippen MR) is 152 cm³/mol. The van der Waals surface area contributed by atoms with Gasteiger partial charge in [-0.3, -0.25) is 9.69 Å². The van der Waals surface area contributed by atoms with Gasteiger partial charge < -0.3 is 16.2 Å². The van der Waals surface area contributed by atoms with Gasteiger partial charge in [-0.1, -0.05) is 18.2 Å². The van der Waals surface area contributed by atoms with Gasteiger partial charge in [0.15, 0.2) is 5.65 Å². The zero-order chi connectivity index (χ0) is 29.1. The number of aliphatic imine (C=N–C) groups is 1. The van der Waals surface area contributed by atoms with E-state index in [1.165, 1.54) is 28.1 Å². The first-order valence-electron chi connectivity index (χ1n) is 12.6. The first-order chi connectivity index (χ1) is 19.6. The number of amides is 1. The number of aromatic nitrogens is 4. The monoisotopic (exact) mass is 551 g/mol. The molecule has 1 amide bonds. The Bertz CT molecular complexity index is 1760. The molecule has 0 saturated carbocycles. The average molecular weight is 552 g/mol. The van der Waals surface area contributed by atoms with Gasteiger partial charge in [0, 0.05) is 29.9 Å². The predicted octanol–water partition coefficient (Wildman–Crippen LogP) is 3.95. The van der Waals surface area contributed by atoms with Crippen molar-refractivity contribution in [3.05, 3.63) is 84.6 Å². The van der Waals surface area contributed by atoms with Crippen LogP contribution in [0.1, 0.15) is 13.8 Å². The van der Waals surface area contributed by atoms with Gasteiger partial charge in [0.25, 0.3) is 5.91 Å². The number of anilines is 1. The van der Waals surface area contributed by atoms with E-state index in [9.17, 15) is 10.1 Å². The second-order valence-corrected chi connectivity index (χ2v) is 9.86. The molecule has 0 radical (unpaired) electrons. The molecule has 41 heavy (non-hydrogen) atoms. The number of amidine groups is 1. The maximum absolute atomic E-state index is 15.5. The molecular formula is C29H26FN9O2. The minimum atomic E-state index is -0.878. The molecule has 1 aliphatic rings. The van der Waals surface area contributed by atoms with Crippen molar-refractivity contribution < 1.29 is 13.9 Å². The number of rotatable bonds is 7. The van der Waals surface area contributed by atoms with Crippen LogP contribution in [0.25, 0.3) is 22.3 Å². The minimum absolute atomic E-state index is 0.0232. The number of hydrogen-bond donors (Lipinski definition) is 2. The third-order valence-corrected chi connectivity index (χ3v) is 6.07. The summed E-state index contributed by atoms with van der Waals surface area (Å²) in [5, 5.41) is 14.6. The third kappa shape index (κ3) is 5.80. The molecule has 12 heteroatoms. The van der Waals surface area contributed by atoms with Crippen LogP contribution < -0.4 is 16.2 Å². The highest BCUT2D eigenvalue weighted by Gasteiger charge is 2.27. The Morgan fingerprint density at radius 1 is 1.20 bits per heavy atom. The van der Waals surface area contributed by atoms with Crippen LogP contribution in [0, 0.1) is 17.1 Å². The molecule has 0 aliphatic carbocycles. The number of carbonyl (C=O) groups is 1. The summed E-state index contributed by atoms with van der Waals surface area (Å²) in [5.41, 5.74) is 11.9. The largest absolute Gasteiger partial charge is 0.457 e. The molecule has 4 N–H and O–H groups in total. The van der Waals surface area contributed by atoms with Gasteiger partial charge in [-0.15, -0.1) is 0 Å². The van der Waals surface area contributed by atoms with E-state index < -0.39 is 17.3 Å². The number of nitrogens with zero attached hydrogens (tertiary/aromatic N) is 7. The van der Waals surface area contributed by atoms with Crippen molar-refractivity contribution in [1.82, 2.24) is 24.6 Å². The number of ether oxygens (including phenoxy) is 1. The van der Waals surface area contributed by atoms with E-state index in [0.29, 0.717) is 28.4 Å². The second-order valence-electron chi connectivity index (χ2n) is 9.86. The van der Waals surface area contributed by atoms with E-state index >= 15 is 4.39 Å². The first-order valence-corrected chi connectivity index (χ1v) is 12.6. The molecule has 0 saturated heterocycles. The Labute approximate surface area is 234 Å². The smallest absolute Gasteiger partial charge is 0.269 e. The summed E-state index contributed by atoms with van der Waals surface area (Å²) in [4.78, 5) is 27.4. The van der Waals surface area contributed by atoms with Gasteiger partial charge in [-0.05, 0) is 50.3 Å². The molecule has 0 fully saturated rings. The van der Waals surface area contributed by atoms with E-state index in [1.54, 1.807) is 50.4 Å². The lowest BCUT2D eigenvalue weighted by Crippen LogP contribution is -2.42. The zero-order valence-electron chi connectivity index (χ0n) is 22.3. The summed E-state index contributed by atoms with van der Waals surface area (Å²) in [6, 6.07) is 15.4. The minimum Gasteiger partial charge on any atom is -0.457 e. The van der Waals surface area contributed by atoms with Crippen LogP contribution in [0.4, 0.5) is 10.2 Å². The zero-order valence-corrected chi connectivity index (χ0v) is 22.3. The second kappa shape index (κ2) is 11.0. The number of nitriles is 1. The molecule has 2 aromatic carbocycles. The number of para-hydroxylation sites is 1. The number of nitrogens with two attached hydrogens (primary N) is 2. The standard InChI is InChI=1S/C29H26FN9O2/c1-29(2,33)14-18(15-31)28(40)38-12-6-11-34-23(38)16-39-27-24(26(32)35-17-36-27)25(37-39)21-10-9-20(13-22(21)30)41-19-7-4-3-5-8-19/h3-11,13-14,17H,12,16,33H2,1-2H3,(H2,32,35,36). The lowest BCUT2D eigenvalue weighted by molar-refractivity contribution is -0.122. The maximum atomic E-state index is 15.5. The molecule has 0 unspecified atom stereocenters. The Kier molecular flexibility index (Phi) is 7.28. The van der Waals surface area contributed by atoms with Crippen molar-refractivity contribution in [1.29, 1.82) is 5.26 Å². The summed E-state index contributed by atoms with van der Waals surface area (Å²) in [7, 11) is 0. The lowest BCUT2D eigenvalue weighted by atomic mass is 10.0. The quantitative estimate of drug-likeness (QED) is 0.258. The number of fused-ring (bicyclic) bond motifs is 1. The summed E-state index contributed by atoms with van der Waals surface area (Å²) in [6.07, 6.45) is 5.93. The van der Waals surface area contributed by atoms with Crippen molar-refractivity contribution in [2.45, 2.75) is 25.9 Å². The number of benzene rings is 2. The number of carbonyl (C=O) groups excluding carboxylic acids is 1. The molecule has 0 bridgehead atoms. The fourth-order valence-corrected chi connectivity index (χ4v) is 4.29. The van der Waals surface area contributed by atoms with Crippen molar-refractivity contribution in [2.75, 3.05) is 12.3 Å². The van der Waals surface area contributed by atoms with E-state index in [1.807, 2.05) is 24.3 Å². The highest BCUT2D eigenvalue weighted by molar-refractivity contribution is 6.09. The van der Waals surface area contributed by atoms with Crippen LogP contribution in [-0.4, -0.2) is 48.5 Å². The molecule has 3 heterocycles. The van der Waals surface area contributed by atoms with Crippen LogP contribution in [0.5, 0.6) is 11.5 Å². The third-order valence-electron chi connectivity index (χ3n) is 6.07. The van der Waals surface area contributed by atoms with Gasteiger partial charge in [-0.2, -0.15) is 10.4 Å². The molecule has 1 aliphatic heterocycles. The molecular weight excluding hydrogens is 525 g/mol. The van der Waals surface area contributed by atoms with E-state index in [0.717, 1.165) is 0 Å². The molecule has 11 nitrogen and oxygen atoms in total. The molecule has 0 atom stereocenters. The summed E-state index contributed by atoms with van der Waals surface area (Å²) in [6.45, 7) is 3.53. The van der Waals surface area contributed by atoms with Gasteiger partial charge >= 0.3 is 0 Å². The van der Waals surface area contributed by atoms with Gasteiger partial charge in [0.1, 0.15) is 59.2 Å². The highest BCUT2D eigenvalue weighted by Crippen LogP contribution is 2.34. The molecule has 2 aromatic heterocycles. The van der Waals surface area contributed by atoms with Crippen molar-refractivity contribution in [2.24, 2.45) is 10.7 Å². The number of halogens is 1. The van der Waals surface area contributed by atoms with E-state index in [-0.39, 0.29) is 35.7 Å². The Morgan fingerprint density at radius 2 is 1.98 bits per heavy atom. The van der Waals surface area contributed by atoms with Crippen molar-refractivity contribution in [3.8, 4) is 28.8 Å². The van der Waals surface area contributed by atoms with Crippen LogP contribution in [0.3, 0.4) is 0 Å². The molecule has 0 spiro atoms. The normalized spacial score (nSPS) is 13.7. The van der Waals surface area contributed by atoms with E-state index in [4.69, 9.17) is 16.2 Å². The number of nitrogen functional groups attached to an aromatic ring is 1. The summed E-state index contributed by atoms with van der Waals surface area (Å²) < 4.78 is 22.7. The summed E-state index contributed by atoms with van der Waals surface area (Å²) in [5.74, 6) is 0.145. The van der Waals surface area contributed by atoms with Gasteiger partial charge in [-0.25, -0.2) is 24.0 Å². The Hall–Kier alpha value is -5.41. The van der Waals surface area contributed by atoms with Gasteiger partial charge in [0.05, 0.1) is 5.39 Å². The fraction of sp³-hybridized carbons (Fsp3) is 0.172. The summed E-state index contributed by atoms with van der Waals surface area (Å²) >= 11 is 0. The molecule has 206 valence electrons.